The zero-order chi connectivity index (χ0) is 14.0. The van der Waals surface area contributed by atoms with E-state index in [0.29, 0.717) is 0 Å². The van der Waals surface area contributed by atoms with Gasteiger partial charge in [0.2, 0.25) is 0 Å². The fourth-order valence-electron chi connectivity index (χ4n) is 1.97. The fourth-order valence-corrected chi connectivity index (χ4v) is 2.55. The van der Waals surface area contributed by atoms with Crippen molar-refractivity contribution in [3.63, 3.8) is 0 Å². The van der Waals surface area contributed by atoms with Crippen LogP contribution in [0.3, 0.4) is 0 Å². The first-order chi connectivity index (χ1) is 9.88. The first-order valence-corrected chi connectivity index (χ1v) is 8.02. The number of unbranched alkanes of at least 4 members (excludes halogenated alkanes) is 2. The number of rotatable bonds is 5. The van der Waals surface area contributed by atoms with Crippen LogP contribution in [0.15, 0.2) is 59.5 Å². The molecule has 0 nitrogen and oxygen atoms in total. The van der Waals surface area contributed by atoms with Crippen molar-refractivity contribution < 1.29 is 0 Å². The maximum Gasteiger partial charge on any atom is 0.0254 e. The van der Waals surface area contributed by atoms with Crippen molar-refractivity contribution in [2.75, 3.05) is 0 Å². The molecule has 0 spiro atoms. The summed E-state index contributed by atoms with van der Waals surface area (Å²) in [5.74, 6) is 3.20. The molecule has 2 rings (SSSR count). The van der Waals surface area contributed by atoms with Crippen LogP contribution in [0.25, 0.3) is 0 Å². The second-order valence-electron chi connectivity index (χ2n) is 4.80. The quantitative estimate of drug-likeness (QED) is 0.395. The van der Waals surface area contributed by atoms with Crippen LogP contribution in [-0.2, 0) is 6.42 Å². The first-order valence-electron chi connectivity index (χ1n) is 7.20. The van der Waals surface area contributed by atoms with E-state index in [0.717, 1.165) is 5.56 Å². The van der Waals surface area contributed by atoms with Crippen molar-refractivity contribution in [1.82, 2.24) is 0 Å². The lowest BCUT2D eigenvalue weighted by Gasteiger charge is -2.00. The molecule has 0 radical (unpaired) electrons. The van der Waals surface area contributed by atoms with Gasteiger partial charge >= 0.3 is 0 Å². The van der Waals surface area contributed by atoms with Crippen molar-refractivity contribution >= 4 is 11.8 Å². The second-order valence-corrected chi connectivity index (χ2v) is 5.68. The van der Waals surface area contributed by atoms with E-state index in [1.54, 1.807) is 11.8 Å². The van der Waals surface area contributed by atoms with Crippen LogP contribution in [0.2, 0.25) is 0 Å². The maximum atomic E-state index is 3.20. The van der Waals surface area contributed by atoms with Gasteiger partial charge in [-0.1, -0.05) is 56.0 Å². The molecule has 0 aromatic heterocycles. The van der Waals surface area contributed by atoms with Gasteiger partial charge in [0, 0.05) is 10.5 Å². The molecule has 102 valence electrons. The monoisotopic (exact) mass is 280 g/mol. The predicted octanol–water partition coefficient (Wildman–Crippen LogP) is 5.52. The molecule has 0 atom stereocenters. The topological polar surface area (TPSA) is 0 Å². The van der Waals surface area contributed by atoms with Crippen molar-refractivity contribution in [3.8, 4) is 11.2 Å². The van der Waals surface area contributed by atoms with Crippen molar-refractivity contribution in [1.29, 1.82) is 0 Å². The molecule has 0 aliphatic rings. The van der Waals surface area contributed by atoms with Gasteiger partial charge in [-0.15, -0.1) is 0 Å². The molecule has 1 heteroatoms. The summed E-state index contributed by atoms with van der Waals surface area (Å²) in [6.45, 7) is 2.24. The summed E-state index contributed by atoms with van der Waals surface area (Å²) >= 11 is 1.58. The smallest absolute Gasteiger partial charge is 0.0254 e. The minimum Gasteiger partial charge on any atom is -0.0654 e. The Balaban J connectivity index is 1.88. The van der Waals surface area contributed by atoms with Gasteiger partial charge in [0.15, 0.2) is 0 Å². The van der Waals surface area contributed by atoms with Crippen LogP contribution in [0, 0.1) is 11.2 Å². The Hall–Kier alpha value is -1.65. The summed E-state index contributed by atoms with van der Waals surface area (Å²) in [5, 5.41) is 3.16. The normalized spacial score (nSPS) is 9.85. The molecular formula is C19H20S. The predicted molar refractivity (Wildman–Crippen MR) is 88.8 cm³/mol. The molecular weight excluding hydrogens is 260 g/mol. The number of benzene rings is 2. The third-order valence-electron chi connectivity index (χ3n) is 3.13. The Morgan fingerprint density at radius 2 is 1.65 bits per heavy atom. The van der Waals surface area contributed by atoms with E-state index in [9.17, 15) is 0 Å². The van der Waals surface area contributed by atoms with Crippen molar-refractivity contribution in [2.45, 2.75) is 37.5 Å². The molecule has 0 aliphatic carbocycles. The summed E-state index contributed by atoms with van der Waals surface area (Å²) in [4.78, 5) is 1.19. The van der Waals surface area contributed by atoms with Crippen LogP contribution in [0.5, 0.6) is 0 Å². The molecule has 0 saturated heterocycles. The van der Waals surface area contributed by atoms with E-state index in [2.05, 4.69) is 54.5 Å². The lowest BCUT2D eigenvalue weighted by atomic mass is 10.1. The standard InChI is InChI=1S/C19H20S/c1-2-3-5-8-17-11-13-18(14-12-17)15-16-20-19-9-6-4-7-10-19/h4,6-7,9-14H,2-3,5,8H2,1H3. The highest BCUT2D eigenvalue weighted by Gasteiger charge is 1.93. The lowest BCUT2D eigenvalue weighted by Crippen LogP contribution is -1.85. The molecule has 2 aromatic carbocycles. The van der Waals surface area contributed by atoms with Crippen LogP contribution in [0.1, 0.15) is 37.3 Å². The zero-order valence-electron chi connectivity index (χ0n) is 11.9. The van der Waals surface area contributed by atoms with Gasteiger partial charge in [0.1, 0.15) is 0 Å². The highest BCUT2D eigenvalue weighted by atomic mass is 32.2. The Bertz CT molecular complexity index is 558. The summed E-state index contributed by atoms with van der Waals surface area (Å²) in [7, 11) is 0. The van der Waals surface area contributed by atoms with E-state index in [1.165, 1.54) is 36.1 Å². The van der Waals surface area contributed by atoms with E-state index in [1.807, 2.05) is 18.2 Å². The third-order valence-corrected chi connectivity index (χ3v) is 3.84. The van der Waals surface area contributed by atoms with Crippen LogP contribution in [0.4, 0.5) is 0 Å². The molecule has 0 fully saturated rings. The first kappa shape index (κ1) is 14.8. The molecule has 0 amide bonds. The maximum absolute atomic E-state index is 3.20. The second kappa shape index (κ2) is 8.51. The SMILES string of the molecule is CCCCCc1ccc(C#CSc2ccccc2)cc1. The van der Waals surface area contributed by atoms with Crippen LogP contribution < -0.4 is 0 Å². The lowest BCUT2D eigenvalue weighted by molar-refractivity contribution is 0.717. The molecule has 0 saturated carbocycles. The summed E-state index contributed by atoms with van der Waals surface area (Å²) < 4.78 is 0. The molecule has 0 N–H and O–H groups in total. The Kier molecular flexibility index (Phi) is 6.27. The van der Waals surface area contributed by atoms with E-state index < -0.39 is 0 Å². The number of aryl methyl sites for hydroxylation is 1. The van der Waals surface area contributed by atoms with Gasteiger partial charge in [-0.05, 0) is 59.7 Å². The van der Waals surface area contributed by atoms with Crippen molar-refractivity contribution in [3.05, 3.63) is 65.7 Å². The van der Waals surface area contributed by atoms with E-state index in [-0.39, 0.29) is 0 Å². The minimum atomic E-state index is 1.09. The minimum absolute atomic E-state index is 1.09. The summed E-state index contributed by atoms with van der Waals surface area (Å²) in [6, 6.07) is 18.9. The summed E-state index contributed by atoms with van der Waals surface area (Å²) in [5.41, 5.74) is 2.51. The largest absolute Gasteiger partial charge is 0.0654 e. The van der Waals surface area contributed by atoms with Gasteiger partial charge < -0.3 is 0 Å². The summed E-state index contributed by atoms with van der Waals surface area (Å²) in [6.07, 6.45) is 5.06. The Labute approximate surface area is 126 Å². The Morgan fingerprint density at radius 1 is 0.900 bits per heavy atom. The van der Waals surface area contributed by atoms with Crippen LogP contribution in [-0.4, -0.2) is 0 Å². The molecule has 2 aromatic rings. The van der Waals surface area contributed by atoms with Crippen molar-refractivity contribution in [2.24, 2.45) is 0 Å². The highest BCUT2D eigenvalue weighted by molar-refractivity contribution is 8.03. The van der Waals surface area contributed by atoms with Gasteiger partial charge in [0.05, 0.1) is 0 Å². The van der Waals surface area contributed by atoms with Crippen LogP contribution >= 0.6 is 11.8 Å². The number of hydrogen-bond donors (Lipinski definition) is 0. The van der Waals surface area contributed by atoms with Gasteiger partial charge in [0.25, 0.3) is 0 Å². The third kappa shape index (κ3) is 5.15. The molecule has 0 heterocycles. The molecule has 0 unspecified atom stereocenters. The Morgan fingerprint density at radius 3 is 2.35 bits per heavy atom. The average Bonchev–Trinajstić information content (AvgIpc) is 2.50. The van der Waals surface area contributed by atoms with Gasteiger partial charge in [-0.2, -0.15) is 0 Å². The zero-order valence-corrected chi connectivity index (χ0v) is 12.7. The van der Waals surface area contributed by atoms with E-state index >= 15 is 0 Å². The molecule has 20 heavy (non-hydrogen) atoms. The van der Waals surface area contributed by atoms with Gasteiger partial charge in [-0.3, -0.25) is 0 Å². The molecule has 0 aliphatic heterocycles. The fraction of sp³-hybridized carbons (Fsp3) is 0.263. The van der Waals surface area contributed by atoms with Gasteiger partial charge in [-0.25, -0.2) is 0 Å². The highest BCUT2D eigenvalue weighted by Crippen LogP contribution is 2.15. The molecule has 0 bridgehead atoms. The average molecular weight is 280 g/mol. The number of hydrogen-bond acceptors (Lipinski definition) is 1. The van der Waals surface area contributed by atoms with E-state index in [4.69, 9.17) is 0 Å². The number of thioether (sulfide) groups is 1.